The number of ether oxygens (including phenoxy) is 1. The number of benzene rings is 1. The second-order valence-corrected chi connectivity index (χ2v) is 6.75. The molecule has 5 heteroatoms. The third-order valence-electron chi connectivity index (χ3n) is 5.17. The van der Waals surface area contributed by atoms with E-state index in [1.165, 1.54) is 11.1 Å². The molecule has 3 aromatic rings. The van der Waals surface area contributed by atoms with Crippen molar-refractivity contribution in [3.63, 3.8) is 0 Å². The normalized spacial score (nSPS) is 23.6. The fourth-order valence-corrected chi connectivity index (χ4v) is 3.96. The summed E-state index contributed by atoms with van der Waals surface area (Å²) in [5, 5.41) is 0. The number of rotatable bonds is 3. The van der Waals surface area contributed by atoms with Crippen molar-refractivity contribution in [1.29, 1.82) is 0 Å². The fraction of sp³-hybridized carbons (Fsp3) is 0.300. The second kappa shape index (κ2) is 6.10. The molecule has 0 amide bonds. The van der Waals surface area contributed by atoms with E-state index in [4.69, 9.17) is 4.74 Å². The van der Waals surface area contributed by atoms with E-state index in [0.29, 0.717) is 12.1 Å². The highest BCUT2D eigenvalue weighted by atomic mass is 16.5. The van der Waals surface area contributed by atoms with Crippen LogP contribution in [0.2, 0.25) is 0 Å². The van der Waals surface area contributed by atoms with Crippen LogP contribution in [0.1, 0.15) is 17.7 Å². The molecule has 4 heterocycles. The maximum atomic E-state index is 5.84. The van der Waals surface area contributed by atoms with Crippen LogP contribution in [0.4, 0.5) is 0 Å². The number of aromatic nitrogens is 3. The molecule has 5 nitrogen and oxygen atoms in total. The van der Waals surface area contributed by atoms with Crippen LogP contribution in [0, 0.1) is 0 Å². The summed E-state index contributed by atoms with van der Waals surface area (Å²) in [4.78, 5) is 11.3. The summed E-state index contributed by atoms with van der Waals surface area (Å²) in [6, 6.07) is 13.4. The number of fused-ring (bicyclic) bond motifs is 3. The van der Waals surface area contributed by atoms with Crippen LogP contribution in [-0.2, 0) is 11.3 Å². The van der Waals surface area contributed by atoms with Crippen molar-refractivity contribution in [3.05, 3.63) is 72.3 Å². The molecule has 0 saturated carbocycles. The van der Waals surface area contributed by atoms with Gasteiger partial charge in [0.05, 0.1) is 31.1 Å². The van der Waals surface area contributed by atoms with E-state index in [0.717, 1.165) is 37.7 Å². The van der Waals surface area contributed by atoms with Gasteiger partial charge in [0.2, 0.25) is 5.78 Å². The number of imidazole rings is 1. The first kappa shape index (κ1) is 14.8. The highest BCUT2D eigenvalue weighted by Crippen LogP contribution is 2.33. The Morgan fingerprint density at radius 3 is 2.88 bits per heavy atom. The summed E-state index contributed by atoms with van der Waals surface area (Å²) in [7, 11) is 0. The molecule has 2 aliphatic heterocycles. The van der Waals surface area contributed by atoms with Gasteiger partial charge in [-0.2, -0.15) is 0 Å². The van der Waals surface area contributed by atoms with Crippen molar-refractivity contribution in [3.8, 4) is 0 Å². The summed E-state index contributed by atoms with van der Waals surface area (Å²) < 4.78 is 7.92. The highest BCUT2D eigenvalue weighted by molar-refractivity contribution is 5.67. The monoisotopic (exact) mass is 332 g/mol. The Labute approximate surface area is 146 Å². The molecule has 126 valence electrons. The number of nitrogens with zero attached hydrogens (tertiary/aromatic N) is 4. The minimum Gasteiger partial charge on any atom is -0.378 e. The largest absolute Gasteiger partial charge is 0.378 e. The molecule has 2 bridgehead atoms. The van der Waals surface area contributed by atoms with E-state index >= 15 is 0 Å². The topological polar surface area (TPSA) is 42.7 Å². The van der Waals surface area contributed by atoms with Crippen molar-refractivity contribution in [2.24, 2.45) is 0 Å². The average Bonchev–Trinajstić information content (AvgIpc) is 3.06. The molecule has 5 rings (SSSR count). The first-order chi connectivity index (χ1) is 12.4. The molecule has 2 unspecified atom stereocenters. The van der Waals surface area contributed by atoms with E-state index < -0.39 is 0 Å². The zero-order chi connectivity index (χ0) is 16.6. The standard InChI is InChI=1S/C20H20N4O/c1-2-5-15(6-3-1)12-24-17-9-16(10-18(24)14-25-13-17)19-11-22-20-21-7-4-8-23(19)20/h1-9,11,17-18H,10,12-14H2. The first-order valence-corrected chi connectivity index (χ1v) is 8.75. The lowest BCUT2D eigenvalue weighted by molar-refractivity contribution is -0.0403. The summed E-state index contributed by atoms with van der Waals surface area (Å²) in [5.41, 5.74) is 3.86. The Kier molecular flexibility index (Phi) is 3.61. The van der Waals surface area contributed by atoms with Crippen LogP contribution in [0.5, 0.6) is 0 Å². The van der Waals surface area contributed by atoms with Gasteiger partial charge in [-0.25, -0.2) is 9.97 Å². The van der Waals surface area contributed by atoms with Gasteiger partial charge >= 0.3 is 0 Å². The zero-order valence-electron chi connectivity index (χ0n) is 14.0. The average molecular weight is 332 g/mol. The lowest BCUT2D eigenvalue weighted by Gasteiger charge is -2.44. The van der Waals surface area contributed by atoms with E-state index in [2.05, 4.69) is 55.7 Å². The van der Waals surface area contributed by atoms with Gasteiger partial charge in [0.1, 0.15) is 0 Å². The van der Waals surface area contributed by atoms with Gasteiger partial charge in [0.15, 0.2) is 0 Å². The third-order valence-corrected chi connectivity index (χ3v) is 5.17. The van der Waals surface area contributed by atoms with Crippen molar-refractivity contribution < 1.29 is 4.74 Å². The maximum absolute atomic E-state index is 5.84. The molecular weight excluding hydrogens is 312 g/mol. The Morgan fingerprint density at radius 1 is 1.08 bits per heavy atom. The maximum Gasteiger partial charge on any atom is 0.234 e. The lowest BCUT2D eigenvalue weighted by Crippen LogP contribution is -2.53. The Bertz CT molecular complexity index is 918. The lowest BCUT2D eigenvalue weighted by atomic mass is 9.92. The Balaban J connectivity index is 1.48. The smallest absolute Gasteiger partial charge is 0.234 e. The molecule has 1 aromatic carbocycles. The van der Waals surface area contributed by atoms with Gasteiger partial charge in [0.25, 0.3) is 0 Å². The Morgan fingerprint density at radius 2 is 2.00 bits per heavy atom. The highest BCUT2D eigenvalue weighted by Gasteiger charge is 2.35. The van der Waals surface area contributed by atoms with Crippen LogP contribution in [0.15, 0.2) is 61.1 Å². The van der Waals surface area contributed by atoms with Crippen molar-refractivity contribution in [1.82, 2.24) is 19.3 Å². The van der Waals surface area contributed by atoms with Crippen molar-refractivity contribution in [2.45, 2.75) is 25.0 Å². The van der Waals surface area contributed by atoms with E-state index in [9.17, 15) is 0 Å². The molecule has 1 fully saturated rings. The summed E-state index contributed by atoms with van der Waals surface area (Å²) in [5.74, 6) is 0.756. The molecule has 0 radical (unpaired) electrons. The third kappa shape index (κ3) is 2.65. The van der Waals surface area contributed by atoms with Gasteiger partial charge in [-0.05, 0) is 23.6 Å². The first-order valence-electron chi connectivity index (χ1n) is 8.75. The minimum absolute atomic E-state index is 0.310. The second-order valence-electron chi connectivity index (χ2n) is 6.75. The molecule has 0 N–H and O–H groups in total. The van der Waals surface area contributed by atoms with Crippen molar-refractivity contribution in [2.75, 3.05) is 13.2 Å². The number of hydrogen-bond acceptors (Lipinski definition) is 4. The molecule has 0 aliphatic carbocycles. The van der Waals surface area contributed by atoms with Gasteiger partial charge < -0.3 is 4.74 Å². The van der Waals surface area contributed by atoms with Crippen molar-refractivity contribution >= 4 is 11.4 Å². The molecule has 2 atom stereocenters. The summed E-state index contributed by atoms with van der Waals surface area (Å²) in [6.45, 7) is 2.51. The quantitative estimate of drug-likeness (QED) is 0.740. The van der Waals surface area contributed by atoms with Crippen LogP contribution >= 0.6 is 0 Å². The number of hydrogen-bond donors (Lipinski definition) is 0. The van der Waals surface area contributed by atoms with E-state index in [-0.39, 0.29) is 0 Å². The minimum atomic E-state index is 0.310. The molecule has 0 spiro atoms. The number of morpholine rings is 1. The Hall–Kier alpha value is -2.50. The predicted molar refractivity (Wildman–Crippen MR) is 96.0 cm³/mol. The molecule has 1 saturated heterocycles. The van der Waals surface area contributed by atoms with Crippen LogP contribution in [0.3, 0.4) is 0 Å². The molecule has 25 heavy (non-hydrogen) atoms. The van der Waals surface area contributed by atoms with Gasteiger partial charge in [-0.15, -0.1) is 0 Å². The van der Waals surface area contributed by atoms with E-state index in [1.807, 2.05) is 18.5 Å². The van der Waals surface area contributed by atoms with E-state index in [1.54, 1.807) is 6.20 Å². The summed E-state index contributed by atoms with van der Waals surface area (Å²) >= 11 is 0. The van der Waals surface area contributed by atoms with Crippen LogP contribution in [-0.4, -0.2) is 44.6 Å². The van der Waals surface area contributed by atoms with Gasteiger partial charge in [-0.3, -0.25) is 9.30 Å². The molecule has 2 aromatic heterocycles. The van der Waals surface area contributed by atoms with Gasteiger partial charge in [-0.1, -0.05) is 36.4 Å². The van der Waals surface area contributed by atoms with Gasteiger partial charge in [0, 0.05) is 25.0 Å². The summed E-state index contributed by atoms with van der Waals surface area (Å²) in [6.07, 6.45) is 9.10. The molecular formula is C20H20N4O. The molecule has 2 aliphatic rings. The fourth-order valence-electron chi connectivity index (χ4n) is 3.96. The van der Waals surface area contributed by atoms with Crippen LogP contribution in [0.25, 0.3) is 11.4 Å². The SMILES string of the molecule is C1=C(c2cnc3ncccn23)CC2COCC1N2Cc1ccccc1. The predicted octanol–water partition coefficient (Wildman–Crippen LogP) is 2.79. The van der Waals surface area contributed by atoms with Crippen LogP contribution < -0.4 is 0 Å². The zero-order valence-corrected chi connectivity index (χ0v) is 14.0.